The summed E-state index contributed by atoms with van der Waals surface area (Å²) in [5.74, 6) is 0.523. The van der Waals surface area contributed by atoms with Gasteiger partial charge in [0.05, 0.1) is 29.3 Å². The fraction of sp³-hybridized carbons (Fsp3) is 0.120. The molecule has 6 rings (SSSR count). The molecule has 0 aliphatic carbocycles. The molecule has 10 nitrogen and oxygen atoms in total. The lowest BCUT2D eigenvalue weighted by Gasteiger charge is -2.10. The van der Waals surface area contributed by atoms with Crippen LogP contribution in [0, 0.1) is 0 Å². The molecule has 0 aliphatic heterocycles. The van der Waals surface area contributed by atoms with Crippen LogP contribution in [0.1, 0.15) is 0 Å². The van der Waals surface area contributed by atoms with Crippen molar-refractivity contribution in [1.82, 2.24) is 40.0 Å². The van der Waals surface area contributed by atoms with Crippen molar-refractivity contribution >= 4 is 45.1 Å². The van der Waals surface area contributed by atoms with Crippen LogP contribution in [0.3, 0.4) is 0 Å². The first-order chi connectivity index (χ1) is 17.5. The first-order valence-electron chi connectivity index (χ1n) is 11.2. The van der Waals surface area contributed by atoms with E-state index >= 15 is 0 Å². The number of carbonyl (C=O) groups is 1. The van der Waals surface area contributed by atoms with Crippen LogP contribution in [0.5, 0.6) is 0 Å². The van der Waals surface area contributed by atoms with Crippen LogP contribution in [-0.2, 0) is 4.79 Å². The van der Waals surface area contributed by atoms with Crippen molar-refractivity contribution in [3.05, 3.63) is 59.8 Å². The Kier molecular flexibility index (Phi) is 5.47. The van der Waals surface area contributed by atoms with Gasteiger partial charge in [-0.3, -0.25) is 14.9 Å². The van der Waals surface area contributed by atoms with Gasteiger partial charge >= 0.3 is 0 Å². The van der Waals surface area contributed by atoms with Gasteiger partial charge in [-0.25, -0.2) is 15.0 Å². The van der Waals surface area contributed by atoms with E-state index in [4.69, 9.17) is 4.98 Å². The summed E-state index contributed by atoms with van der Waals surface area (Å²) in [7, 11) is 3.69. The van der Waals surface area contributed by atoms with E-state index in [0.29, 0.717) is 22.8 Å². The Morgan fingerprint density at radius 1 is 1.06 bits per heavy atom. The molecule has 6 aromatic heterocycles. The van der Waals surface area contributed by atoms with E-state index < -0.39 is 0 Å². The van der Waals surface area contributed by atoms with Crippen molar-refractivity contribution in [2.75, 3.05) is 26.0 Å². The number of H-pyrrole nitrogens is 2. The number of amides is 1. The molecule has 3 N–H and O–H groups in total. The third-order valence-electron chi connectivity index (χ3n) is 5.69. The number of aromatic amines is 2. The molecule has 0 saturated carbocycles. The Labute approximate surface area is 209 Å². The van der Waals surface area contributed by atoms with E-state index in [1.165, 1.54) is 0 Å². The van der Waals surface area contributed by atoms with Gasteiger partial charge in [0.15, 0.2) is 17.1 Å². The van der Waals surface area contributed by atoms with Gasteiger partial charge in [-0.15, -0.1) is 0 Å². The van der Waals surface area contributed by atoms with Crippen LogP contribution in [0.25, 0.3) is 56.0 Å². The second kappa shape index (κ2) is 8.95. The predicted molar refractivity (Wildman–Crippen MR) is 140 cm³/mol. The molecule has 6 aromatic rings. The maximum Gasteiger partial charge on any atom is 0.238 e. The maximum absolute atomic E-state index is 12.2. The fourth-order valence-electron chi connectivity index (χ4n) is 4.08. The summed E-state index contributed by atoms with van der Waals surface area (Å²) in [5.41, 5.74) is 7.23. The van der Waals surface area contributed by atoms with Gasteiger partial charge in [-0.1, -0.05) is 0 Å². The number of rotatable bonds is 6. The van der Waals surface area contributed by atoms with Crippen LogP contribution in [-0.4, -0.2) is 66.6 Å². The lowest BCUT2D eigenvalue weighted by molar-refractivity contribution is -0.116. The number of anilines is 1. The monoisotopic (exact) mass is 495 g/mol. The van der Waals surface area contributed by atoms with Gasteiger partial charge < -0.3 is 15.2 Å². The van der Waals surface area contributed by atoms with Crippen molar-refractivity contribution in [2.24, 2.45) is 0 Å². The number of hydrogen-bond acceptors (Lipinski definition) is 8. The average molecular weight is 496 g/mol. The van der Waals surface area contributed by atoms with Crippen molar-refractivity contribution in [3.63, 3.8) is 0 Å². The first kappa shape index (κ1) is 22.0. The number of likely N-dealkylation sites (N-methyl/N-ethyl adjacent to an activating group) is 1. The lowest BCUT2D eigenvalue weighted by atomic mass is 10.1. The Morgan fingerprint density at radius 2 is 1.94 bits per heavy atom. The molecular formula is C25H21N9OS. The number of carbonyl (C=O) groups excluding carboxylic acids is 1. The minimum atomic E-state index is -0.107. The van der Waals surface area contributed by atoms with E-state index in [2.05, 4.69) is 46.9 Å². The van der Waals surface area contributed by atoms with Crippen LogP contribution in [0.2, 0.25) is 0 Å². The zero-order valence-corrected chi connectivity index (χ0v) is 20.3. The molecule has 0 saturated heterocycles. The van der Waals surface area contributed by atoms with Gasteiger partial charge in [0.1, 0.15) is 5.69 Å². The Balaban J connectivity index is 1.38. The molecule has 36 heavy (non-hydrogen) atoms. The second-order valence-corrected chi connectivity index (χ2v) is 9.38. The standard InChI is InChI=1S/C25H21N9OS/c1-34(2)12-20(35)29-17-7-15(9-26-11-17)16-8-19-22(32-33-23(19)28-10-16)25-30-21-18(14-4-6-36-13-14)3-5-27-24(21)31-25/h3-11,13H,12H2,1-2H3,(H,29,35)(H,27,30,31)(H,28,32,33). The zero-order chi connectivity index (χ0) is 24.6. The smallest absolute Gasteiger partial charge is 0.238 e. The van der Waals surface area contributed by atoms with Crippen LogP contribution < -0.4 is 5.32 Å². The summed E-state index contributed by atoms with van der Waals surface area (Å²) in [6.45, 7) is 0.288. The molecular weight excluding hydrogens is 474 g/mol. The molecule has 0 unspecified atom stereocenters. The van der Waals surface area contributed by atoms with Crippen LogP contribution in [0.4, 0.5) is 5.69 Å². The van der Waals surface area contributed by atoms with Gasteiger partial charge in [-0.2, -0.15) is 16.4 Å². The van der Waals surface area contributed by atoms with E-state index in [1.807, 2.05) is 42.6 Å². The van der Waals surface area contributed by atoms with Gasteiger partial charge in [0, 0.05) is 35.3 Å². The minimum absolute atomic E-state index is 0.107. The van der Waals surface area contributed by atoms with Crippen molar-refractivity contribution in [2.45, 2.75) is 0 Å². The normalized spacial score (nSPS) is 11.5. The molecule has 6 heterocycles. The largest absolute Gasteiger partial charge is 0.335 e. The number of pyridine rings is 3. The summed E-state index contributed by atoms with van der Waals surface area (Å²) < 4.78 is 0. The van der Waals surface area contributed by atoms with E-state index in [0.717, 1.165) is 38.9 Å². The number of nitrogens with zero attached hydrogens (tertiary/aromatic N) is 6. The Morgan fingerprint density at radius 3 is 2.78 bits per heavy atom. The van der Waals surface area contributed by atoms with Crippen molar-refractivity contribution < 1.29 is 4.79 Å². The molecule has 1 amide bonds. The summed E-state index contributed by atoms with van der Waals surface area (Å²) in [6.07, 6.45) is 6.87. The Hall–Kier alpha value is -4.48. The molecule has 178 valence electrons. The number of thiophene rings is 1. The third-order valence-corrected chi connectivity index (χ3v) is 6.37. The fourth-order valence-corrected chi connectivity index (χ4v) is 4.74. The molecule has 0 aliphatic rings. The molecule has 0 radical (unpaired) electrons. The highest BCUT2D eigenvalue weighted by Gasteiger charge is 2.17. The predicted octanol–water partition coefficient (Wildman–Crippen LogP) is 4.19. The average Bonchev–Trinajstić information content (AvgIpc) is 3.62. The Bertz CT molecular complexity index is 1700. The van der Waals surface area contributed by atoms with E-state index in [1.54, 1.807) is 36.1 Å². The number of imidazole rings is 1. The highest BCUT2D eigenvalue weighted by atomic mass is 32.1. The highest BCUT2D eigenvalue weighted by molar-refractivity contribution is 7.08. The third kappa shape index (κ3) is 4.10. The maximum atomic E-state index is 12.2. The lowest BCUT2D eigenvalue weighted by Crippen LogP contribution is -2.27. The summed E-state index contributed by atoms with van der Waals surface area (Å²) >= 11 is 1.65. The van der Waals surface area contributed by atoms with Gasteiger partial charge in [-0.05, 0) is 54.7 Å². The van der Waals surface area contributed by atoms with E-state index in [-0.39, 0.29) is 12.5 Å². The summed E-state index contributed by atoms with van der Waals surface area (Å²) in [5, 5.41) is 15.3. The van der Waals surface area contributed by atoms with Crippen LogP contribution in [0.15, 0.2) is 59.8 Å². The number of fused-ring (bicyclic) bond motifs is 2. The van der Waals surface area contributed by atoms with Crippen molar-refractivity contribution in [3.8, 4) is 33.8 Å². The highest BCUT2D eigenvalue weighted by Crippen LogP contribution is 2.32. The van der Waals surface area contributed by atoms with Gasteiger partial charge in [0.25, 0.3) is 0 Å². The first-order valence-corrected chi connectivity index (χ1v) is 12.1. The topological polar surface area (TPSA) is 128 Å². The quantitative estimate of drug-likeness (QED) is 0.316. The minimum Gasteiger partial charge on any atom is -0.335 e. The molecule has 11 heteroatoms. The molecule has 0 aromatic carbocycles. The zero-order valence-electron chi connectivity index (χ0n) is 19.5. The number of aromatic nitrogens is 7. The second-order valence-electron chi connectivity index (χ2n) is 8.60. The van der Waals surface area contributed by atoms with Crippen molar-refractivity contribution in [1.29, 1.82) is 0 Å². The van der Waals surface area contributed by atoms with E-state index in [9.17, 15) is 4.79 Å². The number of hydrogen-bond donors (Lipinski definition) is 3. The van der Waals surface area contributed by atoms with Gasteiger partial charge in [0.2, 0.25) is 5.91 Å². The molecule has 0 atom stereocenters. The SMILES string of the molecule is CN(C)CC(=O)Nc1cncc(-c2cnc3n[nH]c(-c4nc5nccc(-c6ccsc6)c5[nH]4)c3c2)c1. The molecule has 0 spiro atoms. The summed E-state index contributed by atoms with van der Waals surface area (Å²) in [4.78, 5) is 35.4. The molecule has 0 fully saturated rings. The van der Waals surface area contributed by atoms with Crippen LogP contribution >= 0.6 is 11.3 Å². The summed E-state index contributed by atoms with van der Waals surface area (Å²) in [6, 6.07) is 7.92. The number of nitrogens with one attached hydrogen (secondary N) is 3. The molecule has 0 bridgehead atoms.